The summed E-state index contributed by atoms with van der Waals surface area (Å²) in [7, 11) is 0. The third kappa shape index (κ3) is 3.99. The zero-order valence-electron chi connectivity index (χ0n) is 11.1. The third-order valence-corrected chi connectivity index (χ3v) is 3.20. The van der Waals surface area contributed by atoms with Crippen molar-refractivity contribution in [3.8, 4) is 0 Å². The number of carbonyl (C=O) groups is 1. The Morgan fingerprint density at radius 2 is 2.15 bits per heavy atom. The fraction of sp³-hybridized carbons (Fsp3) is 0.267. The summed E-state index contributed by atoms with van der Waals surface area (Å²) in [5.74, 6) is -0.0638. The van der Waals surface area contributed by atoms with Gasteiger partial charge in [0.1, 0.15) is 0 Å². The van der Waals surface area contributed by atoms with Gasteiger partial charge in [-0.05, 0) is 43.5 Å². The highest BCUT2D eigenvalue weighted by Crippen LogP contribution is 2.13. The number of unbranched alkanes of at least 4 members (excludes halogenated alkanes) is 1. The summed E-state index contributed by atoms with van der Waals surface area (Å²) in [6, 6.07) is 9.31. The summed E-state index contributed by atoms with van der Waals surface area (Å²) in [5.41, 5.74) is 6.96. The number of nitrogens with one attached hydrogen (secondary N) is 1. The summed E-state index contributed by atoms with van der Waals surface area (Å²) in [6.45, 7) is 0.631. The molecule has 0 radical (unpaired) electrons. The van der Waals surface area contributed by atoms with Crippen molar-refractivity contribution < 1.29 is 4.79 Å². The molecule has 0 saturated carbocycles. The average Bonchev–Trinajstić information content (AvgIpc) is 2.46. The van der Waals surface area contributed by atoms with Crippen molar-refractivity contribution in [1.29, 1.82) is 0 Å². The molecule has 2 aromatic rings. The predicted octanol–water partition coefficient (Wildman–Crippen LogP) is 2.42. The van der Waals surface area contributed by atoms with Crippen LogP contribution in [0.1, 0.15) is 29.6 Å². The first-order chi connectivity index (χ1) is 9.66. The van der Waals surface area contributed by atoms with Crippen molar-refractivity contribution >= 4 is 34.0 Å². The van der Waals surface area contributed by atoms with E-state index in [-0.39, 0.29) is 5.91 Å². The van der Waals surface area contributed by atoms with Gasteiger partial charge in [-0.1, -0.05) is 18.3 Å². The van der Waals surface area contributed by atoms with E-state index in [9.17, 15) is 4.79 Å². The second-order valence-corrected chi connectivity index (χ2v) is 5.11. The van der Waals surface area contributed by atoms with Crippen molar-refractivity contribution in [3.05, 3.63) is 42.1 Å². The molecule has 3 N–H and O–H groups in total. The van der Waals surface area contributed by atoms with Gasteiger partial charge in [-0.2, -0.15) is 0 Å². The lowest BCUT2D eigenvalue weighted by molar-refractivity contribution is 0.0953. The molecule has 0 aliphatic carbocycles. The Hall–Kier alpha value is -2.01. The lowest BCUT2D eigenvalue weighted by atomic mass is 10.1. The molecule has 2 rings (SSSR count). The molecule has 0 bridgehead atoms. The number of aromatic nitrogens is 1. The van der Waals surface area contributed by atoms with E-state index in [0.29, 0.717) is 17.1 Å². The molecule has 0 aliphatic heterocycles. The SMILES string of the molecule is NC(=S)CCCCNC(=O)c1ccc2ncccc2c1. The molecule has 0 saturated heterocycles. The van der Waals surface area contributed by atoms with E-state index in [1.165, 1.54) is 0 Å². The fourth-order valence-electron chi connectivity index (χ4n) is 1.95. The predicted molar refractivity (Wildman–Crippen MR) is 84.7 cm³/mol. The molecular weight excluding hydrogens is 270 g/mol. The fourth-order valence-corrected chi connectivity index (χ4v) is 2.09. The van der Waals surface area contributed by atoms with Crippen molar-refractivity contribution in [3.63, 3.8) is 0 Å². The molecule has 104 valence electrons. The van der Waals surface area contributed by atoms with Gasteiger partial charge in [0.2, 0.25) is 0 Å². The Kier molecular flexibility index (Phi) is 5.01. The molecule has 5 heteroatoms. The maximum atomic E-state index is 12.0. The van der Waals surface area contributed by atoms with Crippen molar-refractivity contribution in [2.24, 2.45) is 5.73 Å². The molecule has 0 spiro atoms. The van der Waals surface area contributed by atoms with Gasteiger partial charge in [0.15, 0.2) is 0 Å². The molecule has 0 unspecified atom stereocenters. The lowest BCUT2D eigenvalue weighted by Crippen LogP contribution is -2.24. The van der Waals surface area contributed by atoms with Gasteiger partial charge in [-0.15, -0.1) is 0 Å². The zero-order chi connectivity index (χ0) is 14.4. The van der Waals surface area contributed by atoms with Crippen molar-refractivity contribution in [2.75, 3.05) is 6.54 Å². The minimum Gasteiger partial charge on any atom is -0.393 e. The first-order valence-electron chi connectivity index (χ1n) is 6.58. The molecule has 1 aromatic carbocycles. The molecule has 20 heavy (non-hydrogen) atoms. The first kappa shape index (κ1) is 14.4. The summed E-state index contributed by atoms with van der Waals surface area (Å²) >= 11 is 4.80. The van der Waals surface area contributed by atoms with Gasteiger partial charge in [0.05, 0.1) is 10.5 Å². The maximum Gasteiger partial charge on any atom is 0.251 e. The Morgan fingerprint density at radius 1 is 1.30 bits per heavy atom. The first-order valence-corrected chi connectivity index (χ1v) is 6.99. The Bertz CT molecular complexity index is 627. The Labute approximate surface area is 123 Å². The second-order valence-electron chi connectivity index (χ2n) is 4.59. The van der Waals surface area contributed by atoms with E-state index in [4.69, 9.17) is 18.0 Å². The van der Waals surface area contributed by atoms with Gasteiger partial charge in [-0.3, -0.25) is 9.78 Å². The van der Waals surface area contributed by atoms with Crippen molar-refractivity contribution in [2.45, 2.75) is 19.3 Å². The largest absolute Gasteiger partial charge is 0.393 e. The van der Waals surface area contributed by atoms with Crippen LogP contribution in [0.5, 0.6) is 0 Å². The standard InChI is InChI=1S/C15H17N3OS/c16-14(20)5-1-2-8-18-15(19)12-6-7-13-11(10-12)4-3-9-17-13/h3-4,6-7,9-10H,1-2,5,8H2,(H2,16,20)(H,18,19). The van der Waals surface area contributed by atoms with E-state index in [1.54, 1.807) is 12.3 Å². The lowest BCUT2D eigenvalue weighted by Gasteiger charge is -2.06. The van der Waals surface area contributed by atoms with E-state index >= 15 is 0 Å². The summed E-state index contributed by atoms with van der Waals surface area (Å²) < 4.78 is 0. The number of rotatable bonds is 6. The number of nitrogens with two attached hydrogens (primary N) is 1. The van der Waals surface area contributed by atoms with Crippen LogP contribution in [0.3, 0.4) is 0 Å². The van der Waals surface area contributed by atoms with Crippen LogP contribution in [0, 0.1) is 0 Å². The van der Waals surface area contributed by atoms with Crippen LogP contribution in [-0.4, -0.2) is 22.4 Å². The number of fused-ring (bicyclic) bond motifs is 1. The molecule has 1 heterocycles. The van der Waals surface area contributed by atoms with Crippen LogP contribution in [0.4, 0.5) is 0 Å². The van der Waals surface area contributed by atoms with Crippen LogP contribution in [0.25, 0.3) is 10.9 Å². The number of pyridine rings is 1. The second kappa shape index (κ2) is 6.96. The molecule has 0 atom stereocenters. The highest BCUT2D eigenvalue weighted by Gasteiger charge is 2.05. The average molecular weight is 287 g/mol. The van der Waals surface area contributed by atoms with E-state index in [1.807, 2.05) is 24.3 Å². The number of amides is 1. The van der Waals surface area contributed by atoms with Crippen LogP contribution in [-0.2, 0) is 0 Å². The minimum atomic E-state index is -0.0638. The van der Waals surface area contributed by atoms with Gasteiger partial charge in [0.25, 0.3) is 5.91 Å². The topological polar surface area (TPSA) is 68.0 Å². The molecular formula is C15H17N3OS. The van der Waals surface area contributed by atoms with E-state index in [2.05, 4.69) is 10.3 Å². The molecule has 4 nitrogen and oxygen atoms in total. The van der Waals surface area contributed by atoms with Crippen LogP contribution in [0.15, 0.2) is 36.5 Å². The third-order valence-electron chi connectivity index (χ3n) is 3.00. The molecule has 0 fully saturated rings. The highest BCUT2D eigenvalue weighted by molar-refractivity contribution is 7.80. The van der Waals surface area contributed by atoms with Crippen LogP contribution >= 0.6 is 12.2 Å². The summed E-state index contributed by atoms with van der Waals surface area (Å²) in [6.07, 6.45) is 4.24. The zero-order valence-corrected chi connectivity index (χ0v) is 12.0. The number of carbonyl (C=O) groups excluding carboxylic acids is 1. The number of benzene rings is 1. The molecule has 1 aromatic heterocycles. The van der Waals surface area contributed by atoms with E-state index in [0.717, 1.165) is 30.2 Å². The van der Waals surface area contributed by atoms with Gasteiger partial charge < -0.3 is 11.1 Å². The maximum absolute atomic E-state index is 12.0. The number of hydrogen-bond donors (Lipinski definition) is 2. The Balaban J connectivity index is 1.89. The highest BCUT2D eigenvalue weighted by atomic mass is 32.1. The summed E-state index contributed by atoms with van der Waals surface area (Å²) in [5, 5.41) is 3.86. The monoisotopic (exact) mass is 287 g/mol. The molecule has 0 aliphatic rings. The quantitative estimate of drug-likeness (QED) is 0.632. The van der Waals surface area contributed by atoms with Gasteiger partial charge in [0, 0.05) is 23.7 Å². The summed E-state index contributed by atoms with van der Waals surface area (Å²) in [4.78, 5) is 16.8. The number of thiocarbonyl (C=S) groups is 1. The van der Waals surface area contributed by atoms with Crippen molar-refractivity contribution in [1.82, 2.24) is 10.3 Å². The van der Waals surface area contributed by atoms with Crippen LogP contribution in [0.2, 0.25) is 0 Å². The van der Waals surface area contributed by atoms with Crippen LogP contribution < -0.4 is 11.1 Å². The van der Waals surface area contributed by atoms with Gasteiger partial charge in [-0.25, -0.2) is 0 Å². The Morgan fingerprint density at radius 3 is 2.95 bits per heavy atom. The van der Waals surface area contributed by atoms with Gasteiger partial charge >= 0.3 is 0 Å². The number of nitrogens with zero attached hydrogens (tertiary/aromatic N) is 1. The number of hydrogen-bond acceptors (Lipinski definition) is 3. The molecule has 1 amide bonds. The smallest absolute Gasteiger partial charge is 0.251 e. The normalized spacial score (nSPS) is 10.4. The van der Waals surface area contributed by atoms with E-state index < -0.39 is 0 Å². The minimum absolute atomic E-state index is 0.0638.